The molecule has 1 saturated heterocycles. The SMILES string of the molecule is CC1(C)OB(c2ccc3c(c2)Cc2ccccc2-3)OC1(C)C. The zero-order valence-electron chi connectivity index (χ0n) is 13.6. The average molecular weight is 292 g/mol. The van der Waals surface area contributed by atoms with Crippen LogP contribution in [0.3, 0.4) is 0 Å². The van der Waals surface area contributed by atoms with Gasteiger partial charge in [-0.15, -0.1) is 0 Å². The van der Waals surface area contributed by atoms with E-state index >= 15 is 0 Å². The molecule has 2 aromatic rings. The van der Waals surface area contributed by atoms with Crippen LogP contribution in [0.1, 0.15) is 38.8 Å². The molecule has 2 aromatic carbocycles. The zero-order chi connectivity index (χ0) is 15.5. The van der Waals surface area contributed by atoms with E-state index in [1.165, 1.54) is 22.3 Å². The van der Waals surface area contributed by atoms with E-state index in [0.717, 1.165) is 11.9 Å². The first-order valence-electron chi connectivity index (χ1n) is 7.94. The zero-order valence-corrected chi connectivity index (χ0v) is 13.6. The van der Waals surface area contributed by atoms with E-state index in [9.17, 15) is 0 Å². The van der Waals surface area contributed by atoms with Crippen LogP contribution in [0.25, 0.3) is 11.1 Å². The van der Waals surface area contributed by atoms with Crippen LogP contribution in [0.4, 0.5) is 0 Å². The maximum Gasteiger partial charge on any atom is 0.494 e. The van der Waals surface area contributed by atoms with E-state index in [1.807, 2.05) is 0 Å². The van der Waals surface area contributed by atoms with Crippen LogP contribution in [0.2, 0.25) is 0 Å². The quantitative estimate of drug-likeness (QED) is 0.638. The smallest absolute Gasteiger partial charge is 0.399 e. The van der Waals surface area contributed by atoms with Crippen LogP contribution >= 0.6 is 0 Å². The molecular formula is C19H21BO2. The fourth-order valence-corrected chi connectivity index (χ4v) is 3.29. The van der Waals surface area contributed by atoms with E-state index in [4.69, 9.17) is 9.31 Å². The highest BCUT2D eigenvalue weighted by Gasteiger charge is 2.51. The first kappa shape index (κ1) is 14.0. The number of hydrogen-bond acceptors (Lipinski definition) is 2. The van der Waals surface area contributed by atoms with Gasteiger partial charge in [-0.3, -0.25) is 0 Å². The van der Waals surface area contributed by atoms with E-state index < -0.39 is 0 Å². The standard InChI is InChI=1S/C19H21BO2/c1-18(2)19(3,4)22-20(21-18)15-9-10-17-14(12-15)11-13-7-5-6-8-16(13)17/h5-10,12H,11H2,1-4H3. The van der Waals surface area contributed by atoms with Gasteiger partial charge in [-0.1, -0.05) is 42.5 Å². The molecule has 2 aliphatic rings. The maximum absolute atomic E-state index is 6.16. The second-order valence-corrected chi connectivity index (χ2v) is 7.34. The van der Waals surface area contributed by atoms with Crippen LogP contribution < -0.4 is 5.46 Å². The highest BCUT2D eigenvalue weighted by molar-refractivity contribution is 6.62. The van der Waals surface area contributed by atoms with Gasteiger partial charge in [0, 0.05) is 0 Å². The number of hydrogen-bond donors (Lipinski definition) is 0. The maximum atomic E-state index is 6.16. The van der Waals surface area contributed by atoms with Gasteiger partial charge in [0.25, 0.3) is 0 Å². The van der Waals surface area contributed by atoms with Crippen LogP contribution in [0, 0.1) is 0 Å². The van der Waals surface area contributed by atoms with Crippen molar-refractivity contribution in [2.75, 3.05) is 0 Å². The minimum Gasteiger partial charge on any atom is -0.399 e. The van der Waals surface area contributed by atoms with Crippen molar-refractivity contribution in [1.82, 2.24) is 0 Å². The highest BCUT2D eigenvalue weighted by atomic mass is 16.7. The molecule has 0 atom stereocenters. The number of rotatable bonds is 1. The third-order valence-electron chi connectivity index (χ3n) is 5.34. The first-order chi connectivity index (χ1) is 10.4. The second-order valence-electron chi connectivity index (χ2n) is 7.34. The molecule has 0 amide bonds. The molecule has 1 fully saturated rings. The Morgan fingerprint density at radius 2 is 1.45 bits per heavy atom. The summed E-state index contributed by atoms with van der Waals surface area (Å²) < 4.78 is 12.3. The van der Waals surface area contributed by atoms with Crippen LogP contribution in [-0.4, -0.2) is 18.3 Å². The molecule has 3 heteroatoms. The molecule has 1 heterocycles. The summed E-state index contributed by atoms with van der Waals surface area (Å²) in [7, 11) is -0.279. The lowest BCUT2D eigenvalue weighted by molar-refractivity contribution is 0.00578. The van der Waals surface area contributed by atoms with Gasteiger partial charge < -0.3 is 9.31 Å². The summed E-state index contributed by atoms with van der Waals surface area (Å²) in [6.07, 6.45) is 0.999. The summed E-state index contributed by atoms with van der Waals surface area (Å²) in [4.78, 5) is 0. The van der Waals surface area contributed by atoms with E-state index in [2.05, 4.69) is 70.2 Å². The van der Waals surface area contributed by atoms with Crippen molar-refractivity contribution in [3.8, 4) is 11.1 Å². The molecule has 0 saturated carbocycles. The Morgan fingerprint density at radius 1 is 0.818 bits per heavy atom. The first-order valence-corrected chi connectivity index (χ1v) is 7.94. The second kappa shape index (κ2) is 4.47. The normalized spacial score (nSPS) is 20.8. The van der Waals surface area contributed by atoms with E-state index in [0.29, 0.717) is 0 Å². The predicted molar refractivity (Wildman–Crippen MR) is 90.4 cm³/mol. The number of benzene rings is 2. The third kappa shape index (κ3) is 1.96. The topological polar surface area (TPSA) is 18.5 Å². The molecule has 0 N–H and O–H groups in total. The fourth-order valence-electron chi connectivity index (χ4n) is 3.29. The molecule has 0 bridgehead atoms. The molecule has 112 valence electrons. The van der Waals surface area contributed by atoms with Crippen molar-refractivity contribution in [2.45, 2.75) is 45.3 Å². The van der Waals surface area contributed by atoms with E-state index in [1.54, 1.807) is 0 Å². The van der Waals surface area contributed by atoms with Crippen molar-refractivity contribution >= 4 is 12.6 Å². The van der Waals surface area contributed by atoms with Gasteiger partial charge in [-0.25, -0.2) is 0 Å². The minimum absolute atomic E-state index is 0.279. The molecule has 0 aromatic heterocycles. The molecular weight excluding hydrogens is 271 g/mol. The Labute approximate surface area is 132 Å². The van der Waals surface area contributed by atoms with Gasteiger partial charge in [0.1, 0.15) is 0 Å². The van der Waals surface area contributed by atoms with Crippen LogP contribution in [-0.2, 0) is 15.7 Å². The average Bonchev–Trinajstić information content (AvgIpc) is 2.93. The highest BCUT2D eigenvalue weighted by Crippen LogP contribution is 2.38. The van der Waals surface area contributed by atoms with Gasteiger partial charge in [-0.05, 0) is 61.8 Å². The molecule has 0 unspecified atom stereocenters. The van der Waals surface area contributed by atoms with Crippen molar-refractivity contribution in [3.63, 3.8) is 0 Å². The molecule has 22 heavy (non-hydrogen) atoms. The van der Waals surface area contributed by atoms with Crippen molar-refractivity contribution in [2.24, 2.45) is 0 Å². The summed E-state index contributed by atoms with van der Waals surface area (Å²) in [5, 5.41) is 0. The molecule has 0 radical (unpaired) electrons. The van der Waals surface area contributed by atoms with Crippen molar-refractivity contribution in [1.29, 1.82) is 0 Å². The summed E-state index contributed by atoms with van der Waals surface area (Å²) in [5.41, 5.74) is 6.01. The van der Waals surface area contributed by atoms with Gasteiger partial charge in [0.2, 0.25) is 0 Å². The van der Waals surface area contributed by atoms with Gasteiger partial charge in [-0.2, -0.15) is 0 Å². The Bertz CT molecular complexity index is 733. The third-order valence-corrected chi connectivity index (χ3v) is 5.34. The Morgan fingerprint density at radius 3 is 2.18 bits per heavy atom. The molecule has 0 spiro atoms. The Kier molecular flexibility index (Phi) is 2.85. The summed E-state index contributed by atoms with van der Waals surface area (Å²) in [6, 6.07) is 15.2. The van der Waals surface area contributed by atoms with Crippen LogP contribution in [0.15, 0.2) is 42.5 Å². The van der Waals surface area contributed by atoms with Gasteiger partial charge >= 0.3 is 7.12 Å². The van der Waals surface area contributed by atoms with E-state index in [-0.39, 0.29) is 18.3 Å². The van der Waals surface area contributed by atoms with Crippen molar-refractivity contribution < 1.29 is 9.31 Å². The van der Waals surface area contributed by atoms with Gasteiger partial charge in [0.15, 0.2) is 0 Å². The Hall–Kier alpha value is -1.58. The Balaban J connectivity index is 1.69. The van der Waals surface area contributed by atoms with Gasteiger partial charge in [0.05, 0.1) is 11.2 Å². The molecule has 4 rings (SSSR count). The molecule has 1 aliphatic carbocycles. The molecule has 1 aliphatic heterocycles. The summed E-state index contributed by atoms with van der Waals surface area (Å²) in [5.74, 6) is 0. The lowest BCUT2D eigenvalue weighted by Crippen LogP contribution is -2.41. The summed E-state index contributed by atoms with van der Waals surface area (Å²) >= 11 is 0. The number of fused-ring (bicyclic) bond motifs is 3. The lowest BCUT2D eigenvalue weighted by atomic mass is 9.78. The monoisotopic (exact) mass is 292 g/mol. The minimum atomic E-state index is -0.292. The van der Waals surface area contributed by atoms with Crippen molar-refractivity contribution in [3.05, 3.63) is 53.6 Å². The summed E-state index contributed by atoms with van der Waals surface area (Å²) in [6.45, 7) is 8.37. The predicted octanol–water partition coefficient (Wildman–Crippen LogP) is 3.56. The lowest BCUT2D eigenvalue weighted by Gasteiger charge is -2.32. The fraction of sp³-hybridized carbons (Fsp3) is 0.368. The molecule has 2 nitrogen and oxygen atoms in total. The largest absolute Gasteiger partial charge is 0.494 e. The van der Waals surface area contributed by atoms with Crippen LogP contribution in [0.5, 0.6) is 0 Å².